The second kappa shape index (κ2) is 34.3. The highest BCUT2D eigenvalue weighted by Crippen LogP contribution is 2.21. The van der Waals surface area contributed by atoms with Gasteiger partial charge in [0.1, 0.15) is 48.3 Å². The van der Waals surface area contributed by atoms with Gasteiger partial charge in [0.15, 0.2) is 5.96 Å². The number of nitrogens with one attached hydrogen (secondary N) is 8. The number of aliphatic hydroxyl groups is 1. The molecule has 11 amide bonds. The van der Waals surface area contributed by atoms with Gasteiger partial charge in [0, 0.05) is 25.9 Å². The van der Waals surface area contributed by atoms with Gasteiger partial charge in [-0.3, -0.25) is 67.3 Å². The van der Waals surface area contributed by atoms with E-state index >= 15 is 0 Å². The molecule has 1 aliphatic heterocycles. The standard InChI is InChI=1S/C43H72N16O18/c1-20(34(68)58-27(19-60)42(76)77)52-37(71)22(7-4-14-50-43(48)49)53-31(63)18-51-36(70)25(16-30(47)62)57-40(74)28-8-5-15-59(28)41(75)24(10-12-32(64)65)55-39(73)26(17-33(66)67)56-38(72)23(6-2-3-13-44)54-35(69)21(45)9-11-29(46)61/h20-28,60H,2-19,44-45H2,1H3,(H2,46,61)(H2,47,62)(H,51,70)(H,52,71)(H,53,63)(H,54,69)(H,55,73)(H,56,72)(H,57,74)(H,58,68)(H,64,65)(H,66,67)(H,76,77)(H4,48,49,50)/t20-,21-,22-,23-,24-,25-,26-,27-,28-/m0/s1. The maximum absolute atomic E-state index is 14.1. The Morgan fingerprint density at radius 2 is 1.17 bits per heavy atom. The van der Waals surface area contributed by atoms with Crippen LogP contribution in [0, 0.1) is 0 Å². The van der Waals surface area contributed by atoms with Crippen LogP contribution < -0.4 is 76.9 Å². The van der Waals surface area contributed by atoms with Crippen LogP contribution in [-0.4, -0.2) is 201 Å². The molecule has 1 fully saturated rings. The topological polar surface area (TPSA) is 588 Å². The maximum atomic E-state index is 14.1. The minimum atomic E-state index is -1.94. The number of guanidine groups is 1. The first-order chi connectivity index (χ1) is 36.1. The third-order valence-corrected chi connectivity index (χ3v) is 11.3. The van der Waals surface area contributed by atoms with E-state index in [4.69, 9.17) is 39.5 Å². The highest BCUT2D eigenvalue weighted by atomic mass is 16.4. The molecule has 0 radical (unpaired) electrons. The molecule has 0 aromatic carbocycles. The zero-order valence-electron chi connectivity index (χ0n) is 42.3. The summed E-state index contributed by atoms with van der Waals surface area (Å²) in [5.74, 6) is -16.2. The van der Waals surface area contributed by atoms with Crippen molar-refractivity contribution in [3.63, 3.8) is 0 Å². The number of nitrogens with two attached hydrogens (primary N) is 6. The first kappa shape index (κ1) is 66.7. The molecule has 1 saturated heterocycles. The third-order valence-electron chi connectivity index (χ3n) is 11.3. The van der Waals surface area contributed by atoms with Gasteiger partial charge in [0.2, 0.25) is 65.0 Å². The lowest BCUT2D eigenvalue weighted by atomic mass is 10.0. The second-order valence-electron chi connectivity index (χ2n) is 17.6. The summed E-state index contributed by atoms with van der Waals surface area (Å²) < 4.78 is 0. The molecule has 0 aromatic rings. The van der Waals surface area contributed by atoms with E-state index < -0.39 is 176 Å². The zero-order valence-corrected chi connectivity index (χ0v) is 42.3. The number of hydrogen-bond acceptors (Lipinski definition) is 18. The smallest absolute Gasteiger partial charge is 0.328 e. The van der Waals surface area contributed by atoms with Crippen molar-refractivity contribution >= 4 is 88.8 Å². The van der Waals surface area contributed by atoms with Crippen LogP contribution >= 0.6 is 0 Å². The number of aliphatic carboxylic acids is 3. The van der Waals surface area contributed by atoms with Crippen LogP contribution in [-0.2, 0) is 67.1 Å². The Balaban J connectivity index is 3.30. The van der Waals surface area contributed by atoms with Gasteiger partial charge in [-0.05, 0) is 71.3 Å². The maximum Gasteiger partial charge on any atom is 0.328 e. The number of carbonyl (C=O) groups is 14. The molecule has 34 nitrogen and oxygen atoms in total. The number of carboxylic acids is 3. The summed E-state index contributed by atoms with van der Waals surface area (Å²) >= 11 is 0. The number of aliphatic hydroxyl groups excluding tert-OH is 1. The molecule has 0 bridgehead atoms. The van der Waals surface area contributed by atoms with Gasteiger partial charge in [0.05, 0.1) is 32.0 Å². The van der Waals surface area contributed by atoms with Crippen molar-refractivity contribution in [2.24, 2.45) is 39.4 Å². The largest absolute Gasteiger partial charge is 0.481 e. The SMILES string of the molecule is C[C@H](NC(=O)[C@H](CCCN=C(N)N)NC(=O)CNC(=O)[C@H](CC(N)=O)NC(=O)[C@@H]1CCCN1C(=O)[C@H](CCC(=O)O)NC(=O)[C@H](CC(=O)O)NC(=O)[C@H](CCCCN)NC(=O)[C@@H](N)CCC(N)=O)C(=O)N[C@@H](CO)C(=O)O. The lowest BCUT2D eigenvalue weighted by molar-refractivity contribution is -0.144. The van der Waals surface area contributed by atoms with Crippen molar-refractivity contribution in [3.8, 4) is 0 Å². The van der Waals surface area contributed by atoms with Gasteiger partial charge in [-0.1, -0.05) is 0 Å². The molecule has 77 heavy (non-hydrogen) atoms. The van der Waals surface area contributed by atoms with Crippen LogP contribution in [0.4, 0.5) is 0 Å². The fourth-order valence-corrected chi connectivity index (χ4v) is 7.27. The van der Waals surface area contributed by atoms with E-state index in [0.29, 0.717) is 6.42 Å². The van der Waals surface area contributed by atoms with Crippen molar-refractivity contribution in [1.29, 1.82) is 0 Å². The summed E-state index contributed by atoms with van der Waals surface area (Å²) in [5.41, 5.74) is 32.6. The number of amides is 11. The predicted molar refractivity (Wildman–Crippen MR) is 264 cm³/mol. The van der Waals surface area contributed by atoms with Crippen molar-refractivity contribution in [2.45, 2.75) is 145 Å². The van der Waals surface area contributed by atoms with E-state index in [-0.39, 0.29) is 77.0 Å². The summed E-state index contributed by atoms with van der Waals surface area (Å²) in [6.45, 7) is -0.686. The molecule has 9 atom stereocenters. The Morgan fingerprint density at radius 3 is 1.74 bits per heavy atom. The number of rotatable bonds is 37. The number of primary amides is 2. The minimum absolute atomic E-state index is 0.0187. The lowest BCUT2D eigenvalue weighted by Gasteiger charge is -2.30. The quantitative estimate of drug-likeness (QED) is 0.0156. The van der Waals surface area contributed by atoms with Crippen LogP contribution in [0.25, 0.3) is 0 Å². The molecule has 432 valence electrons. The number of carbonyl (C=O) groups excluding carboxylic acids is 11. The van der Waals surface area contributed by atoms with Crippen LogP contribution in [0.1, 0.15) is 90.4 Å². The number of hydrogen-bond donors (Lipinski definition) is 18. The van der Waals surface area contributed by atoms with Crippen molar-refractivity contribution < 1.29 is 87.5 Å². The van der Waals surface area contributed by atoms with E-state index in [1.807, 2.05) is 5.32 Å². The molecular weight excluding hydrogens is 1030 g/mol. The van der Waals surface area contributed by atoms with Gasteiger partial charge in [-0.25, -0.2) is 4.79 Å². The van der Waals surface area contributed by atoms with Crippen LogP contribution in [0.5, 0.6) is 0 Å². The fraction of sp³-hybridized carbons (Fsp3) is 0.651. The summed E-state index contributed by atoms with van der Waals surface area (Å²) in [6, 6.07) is -14.2. The Labute approximate surface area is 440 Å². The number of nitrogens with zero attached hydrogens (tertiary/aromatic N) is 2. The molecule has 0 aromatic heterocycles. The fourth-order valence-electron chi connectivity index (χ4n) is 7.27. The zero-order chi connectivity index (χ0) is 58.5. The molecule has 1 heterocycles. The van der Waals surface area contributed by atoms with E-state index in [1.54, 1.807) is 0 Å². The normalized spacial score (nSPS) is 15.9. The van der Waals surface area contributed by atoms with Crippen molar-refractivity contribution in [3.05, 3.63) is 0 Å². The molecule has 0 aliphatic carbocycles. The van der Waals surface area contributed by atoms with E-state index in [1.165, 1.54) is 6.92 Å². The molecule has 1 rings (SSSR count). The van der Waals surface area contributed by atoms with Gasteiger partial charge in [0.25, 0.3) is 0 Å². The van der Waals surface area contributed by atoms with E-state index in [9.17, 15) is 82.4 Å². The highest BCUT2D eigenvalue weighted by molar-refractivity contribution is 5.99. The first-order valence-electron chi connectivity index (χ1n) is 24.2. The minimum Gasteiger partial charge on any atom is -0.481 e. The lowest BCUT2D eigenvalue weighted by Crippen LogP contribution is -2.60. The summed E-state index contributed by atoms with van der Waals surface area (Å²) in [6.07, 6.45) is -3.23. The summed E-state index contributed by atoms with van der Waals surface area (Å²) in [7, 11) is 0. The Kier molecular flexibility index (Phi) is 29.8. The Morgan fingerprint density at radius 1 is 0.597 bits per heavy atom. The number of aliphatic imine (C=N–C) groups is 1. The number of likely N-dealkylation sites (tertiary alicyclic amines) is 1. The van der Waals surface area contributed by atoms with Gasteiger partial charge >= 0.3 is 17.9 Å². The molecule has 0 saturated carbocycles. The molecule has 0 spiro atoms. The molecule has 1 aliphatic rings. The molecule has 0 unspecified atom stereocenters. The number of carboxylic acid groups (broad SMARTS) is 3. The Hall–Kier alpha value is -8.27. The molecule has 34 heteroatoms. The van der Waals surface area contributed by atoms with Gasteiger partial charge in [-0.2, -0.15) is 0 Å². The van der Waals surface area contributed by atoms with Gasteiger partial charge < -0.3 is 102 Å². The molecule has 24 N–H and O–H groups in total. The van der Waals surface area contributed by atoms with Crippen LogP contribution in [0.3, 0.4) is 0 Å². The average molecular weight is 1100 g/mol. The third kappa shape index (κ3) is 25.7. The monoisotopic (exact) mass is 1100 g/mol. The predicted octanol–water partition coefficient (Wildman–Crippen LogP) is -9.43. The van der Waals surface area contributed by atoms with Crippen molar-refractivity contribution in [2.75, 3.05) is 32.8 Å². The molecular formula is C43H72N16O18. The average Bonchev–Trinajstić information content (AvgIpc) is 3.85. The van der Waals surface area contributed by atoms with E-state index in [2.05, 4.69) is 42.2 Å². The first-order valence-corrected chi connectivity index (χ1v) is 24.2. The van der Waals surface area contributed by atoms with E-state index in [0.717, 1.165) is 4.90 Å². The number of unbranched alkanes of at least 4 members (excludes halogenated alkanes) is 1. The second-order valence-corrected chi connectivity index (χ2v) is 17.6. The van der Waals surface area contributed by atoms with Crippen molar-refractivity contribution in [1.82, 2.24) is 47.4 Å². The van der Waals surface area contributed by atoms with Gasteiger partial charge in [-0.15, -0.1) is 0 Å². The summed E-state index contributed by atoms with van der Waals surface area (Å²) in [4.78, 5) is 183. The van der Waals surface area contributed by atoms with Crippen LogP contribution in [0.2, 0.25) is 0 Å². The summed E-state index contributed by atoms with van der Waals surface area (Å²) in [5, 5.41) is 55.5. The highest BCUT2D eigenvalue weighted by Gasteiger charge is 2.40. The van der Waals surface area contributed by atoms with Crippen LogP contribution in [0.15, 0.2) is 4.99 Å². The Bertz CT molecular complexity index is 2180.